The number of hydrogen-bond donors (Lipinski definition) is 1. The predicted octanol–water partition coefficient (Wildman–Crippen LogP) is 3.27. The maximum atomic E-state index is 5.98. The minimum Gasteiger partial charge on any atom is -0.373 e. The van der Waals surface area contributed by atoms with Gasteiger partial charge in [-0.3, -0.25) is 0 Å². The molecular formula is C12H19BrN2S. The van der Waals surface area contributed by atoms with Gasteiger partial charge in [-0.15, -0.1) is 0 Å². The highest BCUT2D eigenvalue weighted by molar-refractivity contribution is 9.10. The molecule has 0 saturated carbocycles. The Hall–Kier alpha value is -0.190. The first-order valence-corrected chi connectivity index (χ1v) is 7.50. The molecule has 1 rings (SSSR count). The molecule has 1 aromatic rings. The van der Waals surface area contributed by atoms with Gasteiger partial charge in [0.05, 0.1) is 0 Å². The molecule has 4 heteroatoms. The van der Waals surface area contributed by atoms with Gasteiger partial charge >= 0.3 is 0 Å². The number of rotatable bonds is 5. The SMILES string of the molecule is CSCCN(C)c1cc(Br)ccc1C(C)N. The molecule has 0 aliphatic rings. The van der Waals surface area contributed by atoms with Crippen LogP contribution in [0.15, 0.2) is 22.7 Å². The Balaban J connectivity index is 2.95. The average molecular weight is 303 g/mol. The molecule has 1 unspecified atom stereocenters. The number of nitrogens with two attached hydrogens (primary N) is 1. The zero-order chi connectivity index (χ0) is 12.1. The molecule has 0 radical (unpaired) electrons. The number of anilines is 1. The summed E-state index contributed by atoms with van der Waals surface area (Å²) in [6.07, 6.45) is 2.13. The standard InChI is InChI=1S/C12H19BrN2S/c1-9(14)11-5-4-10(13)8-12(11)15(2)6-7-16-3/h4-5,8-9H,6-7,14H2,1-3H3. The summed E-state index contributed by atoms with van der Waals surface area (Å²) in [6, 6.07) is 6.35. The van der Waals surface area contributed by atoms with Crippen molar-refractivity contribution in [1.29, 1.82) is 0 Å². The highest BCUT2D eigenvalue weighted by atomic mass is 79.9. The van der Waals surface area contributed by atoms with Crippen molar-refractivity contribution in [3.05, 3.63) is 28.2 Å². The van der Waals surface area contributed by atoms with Gasteiger partial charge in [0.15, 0.2) is 0 Å². The molecule has 90 valence electrons. The highest BCUT2D eigenvalue weighted by Crippen LogP contribution is 2.28. The van der Waals surface area contributed by atoms with Crippen LogP contribution < -0.4 is 10.6 Å². The fourth-order valence-electron chi connectivity index (χ4n) is 1.58. The summed E-state index contributed by atoms with van der Waals surface area (Å²) in [7, 11) is 2.11. The monoisotopic (exact) mass is 302 g/mol. The second kappa shape index (κ2) is 6.52. The number of thioether (sulfide) groups is 1. The zero-order valence-electron chi connectivity index (χ0n) is 10.0. The highest BCUT2D eigenvalue weighted by Gasteiger charge is 2.10. The van der Waals surface area contributed by atoms with E-state index in [2.05, 4.69) is 46.3 Å². The predicted molar refractivity (Wildman–Crippen MR) is 78.4 cm³/mol. The van der Waals surface area contributed by atoms with Crippen molar-refractivity contribution in [3.63, 3.8) is 0 Å². The summed E-state index contributed by atoms with van der Waals surface area (Å²) >= 11 is 5.37. The minimum absolute atomic E-state index is 0.0693. The number of hydrogen-bond acceptors (Lipinski definition) is 3. The first-order chi connectivity index (χ1) is 7.56. The molecule has 2 nitrogen and oxygen atoms in total. The van der Waals surface area contributed by atoms with Crippen LogP contribution in [0, 0.1) is 0 Å². The van der Waals surface area contributed by atoms with Crippen LogP contribution in [-0.2, 0) is 0 Å². The van der Waals surface area contributed by atoms with Crippen molar-refractivity contribution in [2.75, 3.05) is 30.5 Å². The van der Waals surface area contributed by atoms with E-state index in [-0.39, 0.29) is 6.04 Å². The third-order valence-electron chi connectivity index (χ3n) is 2.53. The van der Waals surface area contributed by atoms with Crippen molar-refractivity contribution in [2.24, 2.45) is 5.73 Å². The molecule has 0 heterocycles. The lowest BCUT2D eigenvalue weighted by molar-refractivity contribution is 0.806. The van der Waals surface area contributed by atoms with E-state index in [1.54, 1.807) is 0 Å². The third-order valence-corrected chi connectivity index (χ3v) is 3.61. The maximum Gasteiger partial charge on any atom is 0.0423 e. The fraction of sp³-hybridized carbons (Fsp3) is 0.500. The molecule has 0 fully saturated rings. The van der Waals surface area contributed by atoms with Crippen LogP contribution in [0.5, 0.6) is 0 Å². The van der Waals surface area contributed by atoms with Gasteiger partial charge in [-0.2, -0.15) is 11.8 Å². The van der Waals surface area contributed by atoms with Crippen LogP contribution in [0.25, 0.3) is 0 Å². The first kappa shape index (κ1) is 13.9. The molecule has 0 bridgehead atoms. The lowest BCUT2D eigenvalue weighted by Gasteiger charge is -2.24. The van der Waals surface area contributed by atoms with Crippen molar-refractivity contribution in [3.8, 4) is 0 Å². The Labute approximate surface area is 111 Å². The molecule has 0 saturated heterocycles. The van der Waals surface area contributed by atoms with Gasteiger partial charge in [0.2, 0.25) is 0 Å². The molecule has 0 aliphatic heterocycles. The van der Waals surface area contributed by atoms with Gasteiger partial charge in [0.25, 0.3) is 0 Å². The molecular weight excluding hydrogens is 284 g/mol. The Morgan fingerprint density at radius 1 is 1.50 bits per heavy atom. The molecule has 1 aromatic carbocycles. The second-order valence-corrected chi connectivity index (χ2v) is 5.81. The van der Waals surface area contributed by atoms with Crippen molar-refractivity contribution >= 4 is 33.4 Å². The quantitative estimate of drug-likeness (QED) is 0.905. The topological polar surface area (TPSA) is 29.3 Å². The Kier molecular flexibility index (Phi) is 5.66. The van der Waals surface area contributed by atoms with Crippen molar-refractivity contribution in [2.45, 2.75) is 13.0 Å². The Bertz CT molecular complexity index is 342. The van der Waals surface area contributed by atoms with Gasteiger partial charge in [-0.25, -0.2) is 0 Å². The summed E-state index contributed by atoms with van der Waals surface area (Å²) in [6.45, 7) is 3.06. The summed E-state index contributed by atoms with van der Waals surface area (Å²) in [4.78, 5) is 2.26. The number of halogens is 1. The molecule has 0 spiro atoms. The van der Waals surface area contributed by atoms with Crippen LogP contribution in [-0.4, -0.2) is 25.6 Å². The fourth-order valence-corrected chi connectivity index (χ4v) is 2.39. The van der Waals surface area contributed by atoms with Crippen molar-refractivity contribution in [1.82, 2.24) is 0 Å². The molecule has 16 heavy (non-hydrogen) atoms. The molecule has 0 amide bonds. The second-order valence-electron chi connectivity index (χ2n) is 3.91. The lowest BCUT2D eigenvalue weighted by Crippen LogP contribution is -2.23. The van der Waals surface area contributed by atoms with Gasteiger partial charge < -0.3 is 10.6 Å². The third kappa shape index (κ3) is 3.68. The molecule has 0 aromatic heterocycles. The number of benzene rings is 1. The van der Waals surface area contributed by atoms with Crippen LogP contribution in [0.4, 0.5) is 5.69 Å². The first-order valence-electron chi connectivity index (χ1n) is 5.31. The van der Waals surface area contributed by atoms with E-state index in [0.717, 1.165) is 16.8 Å². The Morgan fingerprint density at radius 2 is 2.19 bits per heavy atom. The largest absolute Gasteiger partial charge is 0.373 e. The van der Waals surface area contributed by atoms with E-state index >= 15 is 0 Å². The van der Waals surface area contributed by atoms with E-state index in [0.29, 0.717) is 0 Å². The van der Waals surface area contributed by atoms with Crippen molar-refractivity contribution < 1.29 is 0 Å². The molecule has 1 atom stereocenters. The smallest absolute Gasteiger partial charge is 0.0423 e. The van der Waals surface area contributed by atoms with Gasteiger partial charge in [0.1, 0.15) is 0 Å². The summed E-state index contributed by atoms with van der Waals surface area (Å²) in [5.74, 6) is 1.13. The lowest BCUT2D eigenvalue weighted by atomic mass is 10.1. The van der Waals surface area contributed by atoms with Gasteiger partial charge in [-0.05, 0) is 30.9 Å². The van der Waals surface area contributed by atoms with Crippen LogP contribution in [0.2, 0.25) is 0 Å². The van der Waals surface area contributed by atoms with Crippen LogP contribution >= 0.6 is 27.7 Å². The van der Waals surface area contributed by atoms with E-state index < -0.39 is 0 Å². The molecule has 2 N–H and O–H groups in total. The van der Waals surface area contributed by atoms with Gasteiger partial charge in [0, 0.05) is 35.5 Å². The van der Waals surface area contributed by atoms with E-state index in [9.17, 15) is 0 Å². The van der Waals surface area contributed by atoms with E-state index in [4.69, 9.17) is 5.73 Å². The Morgan fingerprint density at radius 3 is 2.75 bits per heavy atom. The zero-order valence-corrected chi connectivity index (χ0v) is 12.4. The van der Waals surface area contributed by atoms with Crippen LogP contribution in [0.1, 0.15) is 18.5 Å². The van der Waals surface area contributed by atoms with E-state index in [1.165, 1.54) is 11.3 Å². The van der Waals surface area contributed by atoms with E-state index in [1.807, 2.05) is 24.8 Å². The van der Waals surface area contributed by atoms with Crippen LogP contribution in [0.3, 0.4) is 0 Å². The summed E-state index contributed by atoms with van der Waals surface area (Å²) in [5, 5.41) is 0. The average Bonchev–Trinajstić information content (AvgIpc) is 2.25. The van der Waals surface area contributed by atoms with Gasteiger partial charge in [-0.1, -0.05) is 22.0 Å². The summed E-state index contributed by atoms with van der Waals surface area (Å²) in [5.41, 5.74) is 8.41. The maximum absolute atomic E-state index is 5.98. The minimum atomic E-state index is 0.0693. The summed E-state index contributed by atoms with van der Waals surface area (Å²) < 4.78 is 1.10. The normalized spacial score (nSPS) is 12.6. The molecule has 0 aliphatic carbocycles. The number of nitrogens with zero attached hydrogens (tertiary/aromatic N) is 1.